The summed E-state index contributed by atoms with van der Waals surface area (Å²) in [4.78, 5) is 14.4. The smallest absolute Gasteiger partial charge is 0.416 e. The number of aromatic nitrogens is 1. The van der Waals surface area contributed by atoms with Gasteiger partial charge in [-0.3, -0.25) is 15.1 Å². The monoisotopic (exact) mass is 366 g/mol. The predicted octanol–water partition coefficient (Wildman–Crippen LogP) is 5.40. The summed E-state index contributed by atoms with van der Waals surface area (Å²) in [5.41, 5.74) is -1.14. The molecule has 0 fully saturated rings. The Morgan fingerprint density at radius 3 is 2.46 bits per heavy atom. The van der Waals surface area contributed by atoms with E-state index in [1.807, 2.05) is 0 Å². The van der Waals surface area contributed by atoms with E-state index in [-0.39, 0.29) is 16.9 Å². The maximum atomic E-state index is 13.5. The van der Waals surface area contributed by atoms with E-state index in [1.54, 1.807) is 6.92 Å². The van der Waals surface area contributed by atoms with Crippen molar-refractivity contribution in [2.45, 2.75) is 13.1 Å². The summed E-state index contributed by atoms with van der Waals surface area (Å²) in [6.07, 6.45) is -4.73. The average molecular weight is 366 g/mol. The first-order chi connectivity index (χ1) is 12.1. The molecule has 1 heterocycles. The van der Waals surface area contributed by atoms with Crippen molar-refractivity contribution in [3.8, 4) is 11.5 Å². The molecule has 0 saturated heterocycles. The molecule has 2 aromatic carbocycles. The molecule has 0 aliphatic rings. The lowest BCUT2D eigenvalue weighted by molar-refractivity contribution is -0.385. The molecule has 0 atom stereocenters. The summed E-state index contributed by atoms with van der Waals surface area (Å²) in [6, 6.07) is 7.09. The van der Waals surface area contributed by atoms with E-state index in [4.69, 9.17) is 4.74 Å². The molecule has 0 aliphatic heterocycles. The highest BCUT2D eigenvalue weighted by molar-refractivity contribution is 5.85. The summed E-state index contributed by atoms with van der Waals surface area (Å²) in [5, 5.41) is 11.4. The van der Waals surface area contributed by atoms with Crippen LogP contribution in [0, 0.1) is 22.9 Å². The number of aryl methyl sites for hydroxylation is 1. The molecule has 134 valence electrons. The minimum atomic E-state index is -4.73. The van der Waals surface area contributed by atoms with Gasteiger partial charge >= 0.3 is 11.9 Å². The number of nitro benzene ring substituents is 1. The largest absolute Gasteiger partial charge is 0.449 e. The zero-order valence-electron chi connectivity index (χ0n) is 13.2. The van der Waals surface area contributed by atoms with Crippen molar-refractivity contribution in [3.05, 3.63) is 69.7 Å². The Hall–Kier alpha value is -3.23. The summed E-state index contributed by atoms with van der Waals surface area (Å²) in [6.45, 7) is 1.64. The molecular weight excluding hydrogens is 356 g/mol. The first kappa shape index (κ1) is 17.6. The lowest BCUT2D eigenvalue weighted by atomic mass is 10.1. The van der Waals surface area contributed by atoms with E-state index in [1.165, 1.54) is 18.2 Å². The van der Waals surface area contributed by atoms with Gasteiger partial charge in [-0.15, -0.1) is 0 Å². The third kappa shape index (κ3) is 3.41. The van der Waals surface area contributed by atoms with Crippen LogP contribution in [0.3, 0.4) is 0 Å². The summed E-state index contributed by atoms with van der Waals surface area (Å²) < 4.78 is 57.3. The Labute approximate surface area is 144 Å². The van der Waals surface area contributed by atoms with E-state index in [0.717, 1.165) is 12.1 Å². The van der Waals surface area contributed by atoms with Gasteiger partial charge in [0.05, 0.1) is 16.0 Å². The van der Waals surface area contributed by atoms with E-state index in [0.29, 0.717) is 23.3 Å². The fourth-order valence-electron chi connectivity index (χ4n) is 2.42. The van der Waals surface area contributed by atoms with Crippen LogP contribution in [0.15, 0.2) is 42.5 Å². The fourth-order valence-corrected chi connectivity index (χ4v) is 2.42. The van der Waals surface area contributed by atoms with Gasteiger partial charge in [-0.1, -0.05) is 0 Å². The highest BCUT2D eigenvalue weighted by Gasteiger charge is 2.33. The topological polar surface area (TPSA) is 65.3 Å². The minimum Gasteiger partial charge on any atom is -0.449 e. The van der Waals surface area contributed by atoms with Gasteiger partial charge in [0, 0.05) is 23.2 Å². The van der Waals surface area contributed by atoms with Crippen LogP contribution in [0.5, 0.6) is 11.5 Å². The molecule has 0 unspecified atom stereocenters. The van der Waals surface area contributed by atoms with Gasteiger partial charge in [-0.2, -0.15) is 13.2 Å². The number of ether oxygens (including phenoxy) is 1. The van der Waals surface area contributed by atoms with Crippen LogP contribution < -0.4 is 4.74 Å². The van der Waals surface area contributed by atoms with Crippen molar-refractivity contribution in [1.29, 1.82) is 0 Å². The van der Waals surface area contributed by atoms with Gasteiger partial charge in [0.1, 0.15) is 11.6 Å². The van der Waals surface area contributed by atoms with Crippen molar-refractivity contribution in [1.82, 2.24) is 4.98 Å². The zero-order valence-corrected chi connectivity index (χ0v) is 13.2. The first-order valence-corrected chi connectivity index (χ1v) is 7.25. The van der Waals surface area contributed by atoms with Crippen LogP contribution >= 0.6 is 0 Å². The molecule has 3 aromatic rings. The summed E-state index contributed by atoms with van der Waals surface area (Å²) in [7, 11) is 0. The number of nitrogens with zero attached hydrogens (tertiary/aromatic N) is 2. The molecular formula is C17H10F4N2O3. The molecule has 9 heteroatoms. The quantitative estimate of drug-likeness (QED) is 0.354. The molecule has 0 bridgehead atoms. The van der Waals surface area contributed by atoms with Gasteiger partial charge in [0.15, 0.2) is 0 Å². The number of alkyl halides is 3. The summed E-state index contributed by atoms with van der Waals surface area (Å²) in [5.74, 6) is -0.913. The molecule has 5 nitrogen and oxygen atoms in total. The lowest BCUT2D eigenvalue weighted by Crippen LogP contribution is -2.06. The number of benzene rings is 2. The second-order valence-electron chi connectivity index (χ2n) is 5.46. The van der Waals surface area contributed by atoms with Gasteiger partial charge in [0.25, 0.3) is 0 Å². The van der Waals surface area contributed by atoms with Crippen LogP contribution in [0.1, 0.15) is 11.3 Å². The first-order valence-electron chi connectivity index (χ1n) is 7.25. The van der Waals surface area contributed by atoms with Gasteiger partial charge in [-0.25, -0.2) is 4.39 Å². The van der Waals surface area contributed by atoms with Gasteiger partial charge < -0.3 is 4.74 Å². The van der Waals surface area contributed by atoms with Crippen molar-refractivity contribution < 1.29 is 27.2 Å². The third-order valence-corrected chi connectivity index (χ3v) is 3.56. The Bertz CT molecular complexity index is 1020. The molecule has 0 N–H and O–H groups in total. The maximum absolute atomic E-state index is 13.5. The van der Waals surface area contributed by atoms with E-state index < -0.39 is 28.2 Å². The maximum Gasteiger partial charge on any atom is 0.416 e. The van der Waals surface area contributed by atoms with E-state index in [9.17, 15) is 27.7 Å². The minimum absolute atomic E-state index is 0.0508. The molecule has 3 rings (SSSR count). The number of hydrogen-bond acceptors (Lipinski definition) is 4. The molecule has 0 amide bonds. The fraction of sp³-hybridized carbons (Fsp3) is 0.118. The average Bonchev–Trinajstić information content (AvgIpc) is 2.54. The van der Waals surface area contributed by atoms with Crippen LogP contribution in [-0.2, 0) is 6.18 Å². The molecule has 1 aromatic heterocycles. The second kappa shape index (κ2) is 6.25. The molecule has 0 saturated carbocycles. The molecule has 0 spiro atoms. The Kier molecular flexibility index (Phi) is 4.23. The number of hydrogen-bond donors (Lipinski definition) is 0. The van der Waals surface area contributed by atoms with Crippen LogP contribution in [0.2, 0.25) is 0 Å². The van der Waals surface area contributed by atoms with Crippen molar-refractivity contribution in [2.24, 2.45) is 0 Å². The number of rotatable bonds is 3. The Morgan fingerprint density at radius 2 is 1.81 bits per heavy atom. The van der Waals surface area contributed by atoms with Gasteiger partial charge in [0.2, 0.25) is 5.75 Å². The molecule has 0 radical (unpaired) electrons. The van der Waals surface area contributed by atoms with E-state index >= 15 is 0 Å². The van der Waals surface area contributed by atoms with Gasteiger partial charge in [-0.05, 0) is 37.3 Å². The number of halogens is 4. The summed E-state index contributed by atoms with van der Waals surface area (Å²) >= 11 is 0. The number of fused-ring (bicyclic) bond motifs is 1. The van der Waals surface area contributed by atoms with E-state index in [2.05, 4.69) is 4.98 Å². The highest BCUT2D eigenvalue weighted by atomic mass is 19.4. The SMILES string of the molecule is Cc1cc(Oc2ccc(C(F)(F)F)cc2[N+](=O)[O-])c2cc(F)ccc2n1. The van der Waals surface area contributed by atoms with Crippen LogP contribution in [0.4, 0.5) is 23.2 Å². The molecule has 0 aliphatic carbocycles. The zero-order chi connectivity index (χ0) is 19.1. The van der Waals surface area contributed by atoms with Crippen molar-refractivity contribution in [2.75, 3.05) is 0 Å². The number of nitro groups is 1. The standard InChI is InChI=1S/C17H10F4N2O3/c1-9-6-16(12-8-11(18)3-4-13(12)22-9)26-15-5-2-10(17(19,20)21)7-14(15)23(24)25/h2-8H,1H3. The Morgan fingerprint density at radius 1 is 1.08 bits per heavy atom. The normalized spacial score (nSPS) is 11.6. The van der Waals surface area contributed by atoms with Crippen LogP contribution in [-0.4, -0.2) is 9.91 Å². The van der Waals surface area contributed by atoms with Crippen molar-refractivity contribution in [3.63, 3.8) is 0 Å². The molecule has 26 heavy (non-hydrogen) atoms. The Balaban J connectivity index is 2.13. The van der Waals surface area contributed by atoms with Crippen molar-refractivity contribution >= 4 is 16.6 Å². The van der Waals surface area contributed by atoms with Crippen LogP contribution in [0.25, 0.3) is 10.9 Å². The second-order valence-corrected chi connectivity index (χ2v) is 5.46. The predicted molar refractivity (Wildman–Crippen MR) is 84.6 cm³/mol. The number of pyridine rings is 1. The third-order valence-electron chi connectivity index (χ3n) is 3.56. The highest BCUT2D eigenvalue weighted by Crippen LogP contribution is 2.39. The lowest BCUT2D eigenvalue weighted by Gasteiger charge is -2.12.